The van der Waals surface area contributed by atoms with Crippen LogP contribution in [0.4, 0.5) is 14.5 Å². The third-order valence-corrected chi connectivity index (χ3v) is 8.32. The van der Waals surface area contributed by atoms with E-state index in [0.29, 0.717) is 12.1 Å². The molecule has 0 bridgehead atoms. The average Bonchev–Trinajstić information content (AvgIpc) is 2.95. The van der Waals surface area contributed by atoms with Crippen LogP contribution in [0.2, 0.25) is 0 Å². The summed E-state index contributed by atoms with van der Waals surface area (Å²) in [6.07, 6.45) is 1.77. The number of hydrogen-bond acceptors (Lipinski definition) is 4. The number of nitrogens with zero attached hydrogens (tertiary/aromatic N) is 3. The zero-order valence-electron chi connectivity index (χ0n) is 23.5. The SMILES string of the molecule is CCCCNC(=O)C(Cc1ccccc1)N(Cc1ccc(F)cc1)C(=O)CN(c1ccc(F)cc1)S(=O)(=O)N(C)C. The molecule has 0 heterocycles. The summed E-state index contributed by atoms with van der Waals surface area (Å²) in [7, 11) is -1.54. The van der Waals surface area contributed by atoms with Gasteiger partial charge in [-0.2, -0.15) is 12.7 Å². The molecule has 0 fully saturated rings. The number of halogens is 2. The van der Waals surface area contributed by atoms with E-state index in [-0.39, 0.29) is 24.6 Å². The van der Waals surface area contributed by atoms with Crippen molar-refractivity contribution in [3.63, 3.8) is 0 Å². The largest absolute Gasteiger partial charge is 0.354 e. The molecule has 0 saturated heterocycles. The van der Waals surface area contributed by atoms with Crippen molar-refractivity contribution in [2.75, 3.05) is 31.5 Å². The van der Waals surface area contributed by atoms with Gasteiger partial charge in [-0.3, -0.25) is 9.59 Å². The molecule has 3 rings (SSSR count). The summed E-state index contributed by atoms with van der Waals surface area (Å²) in [5, 5.41) is 2.90. The van der Waals surface area contributed by atoms with E-state index in [1.54, 1.807) is 0 Å². The van der Waals surface area contributed by atoms with E-state index in [2.05, 4.69) is 5.32 Å². The maximum absolute atomic E-state index is 14.1. The Hall–Kier alpha value is -3.83. The Morgan fingerprint density at radius 1 is 0.854 bits per heavy atom. The lowest BCUT2D eigenvalue weighted by atomic mass is 10.0. The number of nitrogens with one attached hydrogen (secondary N) is 1. The topological polar surface area (TPSA) is 90.0 Å². The highest BCUT2D eigenvalue weighted by atomic mass is 32.2. The Bertz CT molecular complexity index is 1390. The first-order valence-electron chi connectivity index (χ1n) is 13.3. The molecule has 3 aromatic rings. The second kappa shape index (κ2) is 14.7. The number of benzene rings is 3. The maximum Gasteiger partial charge on any atom is 0.304 e. The van der Waals surface area contributed by atoms with Gasteiger partial charge in [0.15, 0.2) is 0 Å². The lowest BCUT2D eigenvalue weighted by Crippen LogP contribution is -2.54. The van der Waals surface area contributed by atoms with Crippen molar-refractivity contribution in [2.45, 2.75) is 38.8 Å². The smallest absolute Gasteiger partial charge is 0.304 e. The second-order valence-electron chi connectivity index (χ2n) is 9.77. The fraction of sp³-hybridized carbons (Fsp3) is 0.333. The maximum atomic E-state index is 14.1. The van der Waals surface area contributed by atoms with Gasteiger partial charge in [-0.1, -0.05) is 55.8 Å². The number of anilines is 1. The summed E-state index contributed by atoms with van der Waals surface area (Å²) < 4.78 is 55.8. The first kappa shape index (κ1) is 31.7. The van der Waals surface area contributed by atoms with Crippen LogP contribution in [-0.4, -0.2) is 62.7 Å². The summed E-state index contributed by atoms with van der Waals surface area (Å²) in [5.41, 5.74) is 1.45. The molecule has 11 heteroatoms. The van der Waals surface area contributed by atoms with E-state index in [1.807, 2.05) is 37.3 Å². The van der Waals surface area contributed by atoms with Crippen LogP contribution in [0.5, 0.6) is 0 Å². The zero-order valence-corrected chi connectivity index (χ0v) is 24.3. The van der Waals surface area contributed by atoms with Crippen LogP contribution in [0.3, 0.4) is 0 Å². The molecule has 1 N–H and O–H groups in total. The summed E-state index contributed by atoms with van der Waals surface area (Å²) >= 11 is 0. The van der Waals surface area contributed by atoms with Crippen LogP contribution in [0.1, 0.15) is 30.9 Å². The van der Waals surface area contributed by atoms with Gasteiger partial charge >= 0.3 is 10.2 Å². The van der Waals surface area contributed by atoms with Crippen LogP contribution in [-0.2, 0) is 32.8 Å². The van der Waals surface area contributed by atoms with E-state index in [0.717, 1.165) is 39.1 Å². The Balaban J connectivity index is 2.06. The number of amides is 2. The van der Waals surface area contributed by atoms with E-state index in [1.165, 1.54) is 55.4 Å². The van der Waals surface area contributed by atoms with E-state index in [9.17, 15) is 26.8 Å². The number of carbonyl (C=O) groups excluding carboxylic acids is 2. The molecular weight excluding hydrogens is 550 g/mol. The van der Waals surface area contributed by atoms with Crippen molar-refractivity contribution in [3.05, 3.63) is 102 Å². The zero-order chi connectivity index (χ0) is 30.0. The van der Waals surface area contributed by atoms with E-state index >= 15 is 0 Å². The highest BCUT2D eigenvalue weighted by molar-refractivity contribution is 7.90. The molecule has 1 atom stereocenters. The second-order valence-corrected chi connectivity index (χ2v) is 11.8. The highest BCUT2D eigenvalue weighted by Gasteiger charge is 2.34. The first-order valence-corrected chi connectivity index (χ1v) is 14.7. The number of carbonyl (C=O) groups is 2. The Labute approximate surface area is 240 Å². The first-order chi connectivity index (χ1) is 19.5. The van der Waals surface area contributed by atoms with Gasteiger partial charge in [-0.05, 0) is 53.9 Å². The minimum absolute atomic E-state index is 0.0723. The predicted octanol–water partition coefficient (Wildman–Crippen LogP) is 4.13. The monoisotopic (exact) mass is 586 g/mol. The van der Waals surface area contributed by atoms with Crippen molar-refractivity contribution in [2.24, 2.45) is 0 Å². The Morgan fingerprint density at radius 3 is 2.00 bits per heavy atom. The molecule has 41 heavy (non-hydrogen) atoms. The number of hydrogen-bond donors (Lipinski definition) is 1. The Morgan fingerprint density at radius 2 is 1.44 bits per heavy atom. The fourth-order valence-corrected chi connectivity index (χ4v) is 5.23. The average molecular weight is 587 g/mol. The van der Waals surface area contributed by atoms with Crippen molar-refractivity contribution in [3.8, 4) is 0 Å². The molecular formula is C30H36F2N4O4S. The van der Waals surface area contributed by atoms with Gasteiger partial charge < -0.3 is 10.2 Å². The minimum Gasteiger partial charge on any atom is -0.354 e. The van der Waals surface area contributed by atoms with Gasteiger partial charge in [0.1, 0.15) is 24.2 Å². The van der Waals surface area contributed by atoms with Gasteiger partial charge in [0, 0.05) is 33.6 Å². The molecule has 0 aliphatic rings. The van der Waals surface area contributed by atoms with E-state index in [4.69, 9.17) is 0 Å². The summed E-state index contributed by atoms with van der Waals surface area (Å²) in [6, 6.07) is 18.5. The lowest BCUT2D eigenvalue weighted by Gasteiger charge is -2.34. The molecule has 0 radical (unpaired) electrons. The van der Waals surface area contributed by atoms with Crippen molar-refractivity contribution < 1.29 is 26.8 Å². The standard InChI is InChI=1S/C30H36F2N4O4S/c1-4-5-19-33-30(38)28(20-23-9-7-6-8-10-23)35(21-24-11-13-25(31)14-12-24)29(37)22-36(41(39,40)34(2)3)27-17-15-26(32)16-18-27/h6-18,28H,4-5,19-22H2,1-3H3,(H,33,38). The predicted molar refractivity (Wildman–Crippen MR) is 155 cm³/mol. The molecule has 3 aromatic carbocycles. The molecule has 220 valence electrons. The third-order valence-electron chi connectivity index (χ3n) is 6.50. The number of unbranched alkanes of at least 4 members (excludes halogenated alkanes) is 1. The van der Waals surface area contributed by atoms with Crippen molar-refractivity contribution >= 4 is 27.7 Å². The van der Waals surface area contributed by atoms with Gasteiger partial charge in [0.05, 0.1) is 5.69 Å². The number of rotatable bonds is 14. The highest BCUT2D eigenvalue weighted by Crippen LogP contribution is 2.22. The summed E-state index contributed by atoms with van der Waals surface area (Å²) in [4.78, 5) is 29.0. The molecule has 0 aromatic heterocycles. The minimum atomic E-state index is -4.19. The van der Waals surface area contributed by atoms with Crippen LogP contribution in [0, 0.1) is 11.6 Å². The quantitative estimate of drug-likeness (QED) is 0.288. The molecule has 0 aliphatic carbocycles. The van der Waals surface area contributed by atoms with Gasteiger partial charge in [0.25, 0.3) is 0 Å². The van der Waals surface area contributed by atoms with Crippen LogP contribution >= 0.6 is 0 Å². The Kier molecular flexibility index (Phi) is 11.4. The van der Waals surface area contributed by atoms with Crippen molar-refractivity contribution in [1.82, 2.24) is 14.5 Å². The normalized spacial score (nSPS) is 12.1. The summed E-state index contributed by atoms with van der Waals surface area (Å²) in [6.45, 7) is 1.68. The lowest BCUT2D eigenvalue weighted by molar-refractivity contribution is -0.140. The third kappa shape index (κ3) is 8.83. The van der Waals surface area contributed by atoms with Gasteiger partial charge in [-0.25, -0.2) is 13.1 Å². The van der Waals surface area contributed by atoms with Gasteiger partial charge in [-0.15, -0.1) is 0 Å². The molecule has 2 amide bonds. The van der Waals surface area contributed by atoms with Crippen LogP contribution in [0.25, 0.3) is 0 Å². The van der Waals surface area contributed by atoms with E-state index < -0.39 is 40.3 Å². The molecule has 0 saturated carbocycles. The molecule has 0 spiro atoms. The van der Waals surface area contributed by atoms with Crippen LogP contribution in [0.15, 0.2) is 78.9 Å². The van der Waals surface area contributed by atoms with Crippen LogP contribution < -0.4 is 9.62 Å². The van der Waals surface area contributed by atoms with Gasteiger partial charge in [0.2, 0.25) is 11.8 Å². The summed E-state index contributed by atoms with van der Waals surface area (Å²) in [5.74, 6) is -2.06. The molecule has 8 nitrogen and oxygen atoms in total. The molecule has 1 unspecified atom stereocenters. The van der Waals surface area contributed by atoms with Crippen molar-refractivity contribution in [1.29, 1.82) is 0 Å². The molecule has 0 aliphatic heterocycles. The fourth-order valence-electron chi connectivity index (χ4n) is 4.17.